The summed E-state index contributed by atoms with van der Waals surface area (Å²) < 4.78 is 4.61. The molecular weight excluding hydrogens is 268 g/mol. The maximum atomic E-state index is 11.0. The molecule has 1 aliphatic rings. The zero-order valence-corrected chi connectivity index (χ0v) is 12.1. The van der Waals surface area contributed by atoms with Gasteiger partial charge in [0.15, 0.2) is 5.13 Å². The first-order valence-corrected chi connectivity index (χ1v) is 8.07. The molecule has 4 nitrogen and oxygen atoms in total. The predicted molar refractivity (Wildman–Crippen MR) is 76.4 cm³/mol. The van der Waals surface area contributed by atoms with Gasteiger partial charge in [0.2, 0.25) is 0 Å². The van der Waals surface area contributed by atoms with E-state index in [1.54, 1.807) is 11.3 Å². The highest BCUT2D eigenvalue weighted by molar-refractivity contribution is 8.00. The number of ether oxygens (including phenoxy) is 1. The molecule has 0 aromatic carbocycles. The Balaban J connectivity index is 1.73. The van der Waals surface area contributed by atoms with E-state index in [0.29, 0.717) is 12.8 Å². The van der Waals surface area contributed by atoms with Crippen molar-refractivity contribution in [1.29, 1.82) is 0 Å². The van der Waals surface area contributed by atoms with Crippen LogP contribution in [-0.2, 0) is 16.0 Å². The summed E-state index contributed by atoms with van der Waals surface area (Å²) in [5.41, 5.74) is 0.965. The summed E-state index contributed by atoms with van der Waals surface area (Å²) in [4.78, 5) is 15.5. The molecule has 1 unspecified atom stereocenters. The highest BCUT2D eigenvalue weighted by Crippen LogP contribution is 2.26. The van der Waals surface area contributed by atoms with E-state index in [2.05, 4.69) is 15.0 Å². The van der Waals surface area contributed by atoms with Crippen molar-refractivity contribution in [2.24, 2.45) is 0 Å². The zero-order chi connectivity index (χ0) is 12.8. The standard InChI is InChI=1S/C12H18N2O2S2/c1-16-11(15)5-4-9-8-18-12(14-9)13-7-10-3-2-6-17-10/h8,10H,2-7H2,1H3,(H,13,14). The van der Waals surface area contributed by atoms with Crippen LogP contribution in [0, 0.1) is 0 Å². The van der Waals surface area contributed by atoms with Gasteiger partial charge in [0.1, 0.15) is 0 Å². The minimum atomic E-state index is -0.181. The SMILES string of the molecule is COC(=O)CCc1csc(NCC2CCCS2)n1. The van der Waals surface area contributed by atoms with Crippen LogP contribution in [0.4, 0.5) is 5.13 Å². The Kier molecular flexibility index (Phi) is 5.31. The van der Waals surface area contributed by atoms with Gasteiger partial charge in [0.05, 0.1) is 19.2 Å². The number of carbonyl (C=O) groups is 1. The van der Waals surface area contributed by atoms with E-state index in [4.69, 9.17) is 0 Å². The summed E-state index contributed by atoms with van der Waals surface area (Å²) in [6.45, 7) is 0.995. The molecule has 0 bridgehead atoms. The molecular formula is C12H18N2O2S2. The third kappa shape index (κ3) is 4.17. The molecule has 0 spiro atoms. The molecule has 0 amide bonds. The van der Waals surface area contributed by atoms with Crippen molar-refractivity contribution in [2.45, 2.75) is 30.9 Å². The number of carbonyl (C=O) groups excluding carboxylic acids is 1. The van der Waals surface area contributed by atoms with E-state index >= 15 is 0 Å². The van der Waals surface area contributed by atoms with E-state index in [1.165, 1.54) is 25.7 Å². The first-order chi connectivity index (χ1) is 8.78. The van der Waals surface area contributed by atoms with Crippen molar-refractivity contribution in [3.63, 3.8) is 0 Å². The predicted octanol–water partition coefficient (Wildman–Crippen LogP) is 2.56. The molecule has 1 aliphatic heterocycles. The lowest BCUT2D eigenvalue weighted by atomic mass is 10.2. The van der Waals surface area contributed by atoms with Crippen LogP contribution in [0.15, 0.2) is 5.38 Å². The maximum absolute atomic E-state index is 11.0. The van der Waals surface area contributed by atoms with Crippen LogP contribution < -0.4 is 5.32 Å². The van der Waals surface area contributed by atoms with Crippen LogP contribution in [0.3, 0.4) is 0 Å². The van der Waals surface area contributed by atoms with Crippen molar-refractivity contribution in [2.75, 3.05) is 24.7 Å². The van der Waals surface area contributed by atoms with Crippen LogP contribution in [0.5, 0.6) is 0 Å². The van der Waals surface area contributed by atoms with E-state index in [9.17, 15) is 4.79 Å². The first kappa shape index (κ1) is 13.7. The number of aromatic nitrogens is 1. The molecule has 1 aromatic heterocycles. The third-order valence-corrected chi connectivity index (χ3v) is 5.12. The Bertz CT molecular complexity index is 389. The quantitative estimate of drug-likeness (QED) is 0.815. The van der Waals surface area contributed by atoms with E-state index < -0.39 is 0 Å². The largest absolute Gasteiger partial charge is 0.469 e. The number of rotatable bonds is 6. The topological polar surface area (TPSA) is 51.2 Å². The summed E-state index contributed by atoms with van der Waals surface area (Å²) in [5.74, 6) is 1.11. The van der Waals surface area contributed by atoms with Crippen LogP contribution in [0.2, 0.25) is 0 Å². The lowest BCUT2D eigenvalue weighted by Gasteiger charge is -2.08. The summed E-state index contributed by atoms with van der Waals surface area (Å²) >= 11 is 3.65. The number of nitrogens with one attached hydrogen (secondary N) is 1. The van der Waals surface area contributed by atoms with Gasteiger partial charge in [-0.2, -0.15) is 11.8 Å². The third-order valence-electron chi connectivity index (χ3n) is 2.87. The highest BCUT2D eigenvalue weighted by Gasteiger charge is 2.15. The Labute approximate surface area is 116 Å². The minimum Gasteiger partial charge on any atom is -0.469 e. The average Bonchev–Trinajstić information content (AvgIpc) is 3.04. The van der Waals surface area contributed by atoms with Gasteiger partial charge in [-0.05, 0) is 18.6 Å². The molecule has 0 aliphatic carbocycles. The molecule has 1 aromatic rings. The van der Waals surface area contributed by atoms with E-state index in [0.717, 1.165) is 22.6 Å². The number of thiazole rings is 1. The number of thioether (sulfide) groups is 1. The van der Waals surface area contributed by atoms with Gasteiger partial charge >= 0.3 is 5.97 Å². The number of anilines is 1. The lowest BCUT2D eigenvalue weighted by molar-refractivity contribution is -0.140. The maximum Gasteiger partial charge on any atom is 0.305 e. The van der Waals surface area contributed by atoms with Crippen LogP contribution in [0.25, 0.3) is 0 Å². The molecule has 0 radical (unpaired) electrons. The van der Waals surface area contributed by atoms with Gasteiger partial charge in [-0.1, -0.05) is 0 Å². The van der Waals surface area contributed by atoms with Gasteiger partial charge in [-0.15, -0.1) is 11.3 Å². The van der Waals surface area contributed by atoms with Crippen molar-refractivity contribution in [1.82, 2.24) is 4.98 Å². The monoisotopic (exact) mass is 286 g/mol. The summed E-state index contributed by atoms with van der Waals surface area (Å²) in [5, 5.41) is 7.08. The van der Waals surface area contributed by atoms with Crippen LogP contribution in [-0.4, -0.2) is 35.6 Å². The van der Waals surface area contributed by atoms with Crippen LogP contribution >= 0.6 is 23.1 Å². The van der Waals surface area contributed by atoms with Crippen molar-refractivity contribution < 1.29 is 9.53 Å². The first-order valence-electron chi connectivity index (χ1n) is 6.14. The molecule has 2 heterocycles. The lowest BCUT2D eigenvalue weighted by Crippen LogP contribution is -2.13. The van der Waals surface area contributed by atoms with Crippen molar-refractivity contribution in [3.05, 3.63) is 11.1 Å². The molecule has 6 heteroatoms. The average molecular weight is 286 g/mol. The molecule has 1 fully saturated rings. The Morgan fingerprint density at radius 3 is 3.28 bits per heavy atom. The Morgan fingerprint density at radius 2 is 2.56 bits per heavy atom. The van der Waals surface area contributed by atoms with Crippen molar-refractivity contribution in [3.8, 4) is 0 Å². The second-order valence-corrected chi connectivity index (χ2v) is 6.50. The van der Waals surface area contributed by atoms with Gasteiger partial charge < -0.3 is 10.1 Å². The number of methoxy groups -OCH3 is 1. The Hall–Kier alpha value is -0.750. The normalized spacial score (nSPS) is 18.8. The zero-order valence-electron chi connectivity index (χ0n) is 10.5. The van der Waals surface area contributed by atoms with E-state index in [-0.39, 0.29) is 5.97 Å². The number of hydrogen-bond donors (Lipinski definition) is 1. The number of aryl methyl sites for hydroxylation is 1. The van der Waals surface area contributed by atoms with Gasteiger partial charge in [-0.3, -0.25) is 4.79 Å². The highest BCUT2D eigenvalue weighted by atomic mass is 32.2. The minimum absolute atomic E-state index is 0.181. The smallest absolute Gasteiger partial charge is 0.305 e. The second kappa shape index (κ2) is 6.99. The molecule has 1 atom stereocenters. The number of hydrogen-bond acceptors (Lipinski definition) is 6. The number of esters is 1. The van der Waals surface area contributed by atoms with Crippen molar-refractivity contribution >= 4 is 34.2 Å². The molecule has 1 saturated heterocycles. The summed E-state index contributed by atoms with van der Waals surface area (Å²) in [7, 11) is 1.41. The summed E-state index contributed by atoms with van der Waals surface area (Å²) in [6, 6.07) is 0. The second-order valence-electron chi connectivity index (χ2n) is 4.24. The fraction of sp³-hybridized carbons (Fsp3) is 0.667. The Morgan fingerprint density at radius 1 is 1.67 bits per heavy atom. The van der Waals surface area contributed by atoms with Gasteiger partial charge in [0, 0.05) is 23.6 Å². The van der Waals surface area contributed by atoms with Crippen LogP contribution in [0.1, 0.15) is 25.0 Å². The molecule has 18 heavy (non-hydrogen) atoms. The molecule has 100 valence electrons. The summed E-state index contributed by atoms with van der Waals surface area (Å²) in [6.07, 6.45) is 3.69. The molecule has 0 saturated carbocycles. The fourth-order valence-corrected chi connectivity index (χ4v) is 3.80. The molecule has 2 rings (SSSR count). The van der Waals surface area contributed by atoms with Gasteiger partial charge in [-0.25, -0.2) is 4.98 Å². The number of nitrogens with zero attached hydrogens (tertiary/aromatic N) is 1. The van der Waals surface area contributed by atoms with Gasteiger partial charge in [0.25, 0.3) is 0 Å². The fourth-order valence-electron chi connectivity index (χ4n) is 1.84. The molecule has 1 N–H and O–H groups in total. The van der Waals surface area contributed by atoms with E-state index in [1.807, 2.05) is 17.1 Å².